The van der Waals surface area contributed by atoms with E-state index in [-0.39, 0.29) is 11.5 Å². The summed E-state index contributed by atoms with van der Waals surface area (Å²) in [6, 6.07) is 13.7. The molecule has 2 amide bonds. The molecular formula is C19H22N2O3. The Balaban J connectivity index is 2.17. The minimum absolute atomic E-state index is 0.268. The van der Waals surface area contributed by atoms with Gasteiger partial charge in [-0.2, -0.15) is 0 Å². The normalized spacial score (nSPS) is 10.5. The van der Waals surface area contributed by atoms with Gasteiger partial charge in [0.2, 0.25) is 0 Å². The molecule has 5 heteroatoms. The Morgan fingerprint density at radius 1 is 1.04 bits per heavy atom. The maximum Gasteiger partial charge on any atom is 0.259 e. The first-order valence-corrected chi connectivity index (χ1v) is 7.91. The van der Waals surface area contributed by atoms with Gasteiger partial charge < -0.3 is 15.8 Å². The summed E-state index contributed by atoms with van der Waals surface area (Å²) >= 11 is 0. The average molecular weight is 326 g/mol. The van der Waals surface area contributed by atoms with E-state index in [0.717, 1.165) is 6.42 Å². The van der Waals surface area contributed by atoms with Crippen LogP contribution in [0.1, 0.15) is 41.0 Å². The fourth-order valence-corrected chi connectivity index (χ4v) is 2.18. The van der Waals surface area contributed by atoms with Gasteiger partial charge in [-0.3, -0.25) is 9.59 Å². The maximum atomic E-state index is 12.6. The number of primary amides is 1. The quantitative estimate of drug-likeness (QED) is 0.817. The highest BCUT2D eigenvalue weighted by Gasteiger charge is 2.15. The lowest BCUT2D eigenvalue weighted by Crippen LogP contribution is -2.19. The van der Waals surface area contributed by atoms with Crippen molar-refractivity contribution >= 4 is 17.5 Å². The number of rotatable bonds is 7. The van der Waals surface area contributed by atoms with Crippen molar-refractivity contribution in [3.63, 3.8) is 0 Å². The van der Waals surface area contributed by atoms with Gasteiger partial charge >= 0.3 is 0 Å². The zero-order chi connectivity index (χ0) is 17.5. The van der Waals surface area contributed by atoms with Crippen LogP contribution in [0.4, 0.5) is 5.69 Å². The van der Waals surface area contributed by atoms with Crippen molar-refractivity contribution in [1.29, 1.82) is 0 Å². The molecule has 0 bridgehead atoms. The minimum atomic E-state index is -0.590. The number of anilines is 1. The van der Waals surface area contributed by atoms with Gasteiger partial charge in [-0.25, -0.2) is 0 Å². The second-order valence-corrected chi connectivity index (χ2v) is 5.89. The summed E-state index contributed by atoms with van der Waals surface area (Å²) in [6.45, 7) is 4.77. The van der Waals surface area contributed by atoms with Crippen LogP contribution in [0, 0.1) is 5.92 Å². The smallest absolute Gasteiger partial charge is 0.259 e. The van der Waals surface area contributed by atoms with Gasteiger partial charge in [-0.05, 0) is 36.6 Å². The third-order valence-electron chi connectivity index (χ3n) is 3.53. The molecule has 24 heavy (non-hydrogen) atoms. The van der Waals surface area contributed by atoms with Gasteiger partial charge in [0.15, 0.2) is 0 Å². The molecule has 5 nitrogen and oxygen atoms in total. The van der Waals surface area contributed by atoms with Gasteiger partial charge in [0.1, 0.15) is 5.75 Å². The molecule has 2 aromatic carbocycles. The first-order valence-electron chi connectivity index (χ1n) is 7.91. The number of carbonyl (C=O) groups excluding carboxylic acids is 2. The van der Waals surface area contributed by atoms with Crippen molar-refractivity contribution in [1.82, 2.24) is 0 Å². The van der Waals surface area contributed by atoms with Gasteiger partial charge in [-0.1, -0.05) is 38.1 Å². The molecule has 0 fully saturated rings. The number of para-hydroxylation sites is 2. The van der Waals surface area contributed by atoms with E-state index in [1.165, 1.54) is 0 Å². The van der Waals surface area contributed by atoms with Crippen molar-refractivity contribution in [2.24, 2.45) is 11.7 Å². The lowest BCUT2D eigenvalue weighted by Gasteiger charge is -2.13. The van der Waals surface area contributed by atoms with Crippen LogP contribution in [0.2, 0.25) is 0 Å². The van der Waals surface area contributed by atoms with Gasteiger partial charge in [0.25, 0.3) is 11.8 Å². The highest BCUT2D eigenvalue weighted by atomic mass is 16.5. The molecule has 0 unspecified atom stereocenters. The van der Waals surface area contributed by atoms with Crippen molar-refractivity contribution in [2.75, 3.05) is 11.9 Å². The van der Waals surface area contributed by atoms with Crippen LogP contribution in [-0.4, -0.2) is 18.4 Å². The van der Waals surface area contributed by atoms with Crippen LogP contribution in [0.5, 0.6) is 5.75 Å². The predicted octanol–water partition coefficient (Wildman–Crippen LogP) is 3.46. The van der Waals surface area contributed by atoms with Crippen LogP contribution in [0.3, 0.4) is 0 Å². The SMILES string of the molecule is CC(C)CCOc1ccccc1C(=O)Nc1ccccc1C(N)=O. The molecule has 0 aliphatic rings. The van der Waals surface area contributed by atoms with Crippen molar-refractivity contribution in [3.8, 4) is 5.75 Å². The fraction of sp³-hybridized carbons (Fsp3) is 0.263. The Hall–Kier alpha value is -2.82. The van der Waals surface area contributed by atoms with Crippen LogP contribution >= 0.6 is 0 Å². The molecule has 0 saturated heterocycles. The molecule has 0 atom stereocenters. The fourth-order valence-electron chi connectivity index (χ4n) is 2.18. The van der Waals surface area contributed by atoms with Gasteiger partial charge in [0.05, 0.1) is 23.4 Å². The third-order valence-corrected chi connectivity index (χ3v) is 3.53. The molecule has 0 aliphatic heterocycles. The van der Waals surface area contributed by atoms with E-state index in [4.69, 9.17) is 10.5 Å². The zero-order valence-electron chi connectivity index (χ0n) is 13.9. The molecule has 0 heterocycles. The number of nitrogens with one attached hydrogen (secondary N) is 1. The van der Waals surface area contributed by atoms with Crippen LogP contribution in [-0.2, 0) is 0 Å². The summed E-state index contributed by atoms with van der Waals surface area (Å²) in [5.74, 6) is 0.108. The lowest BCUT2D eigenvalue weighted by molar-refractivity contribution is 0.100. The molecule has 0 radical (unpaired) electrons. The van der Waals surface area contributed by atoms with Crippen molar-refractivity contribution < 1.29 is 14.3 Å². The number of benzene rings is 2. The molecule has 126 valence electrons. The summed E-state index contributed by atoms with van der Waals surface area (Å²) in [6.07, 6.45) is 0.903. The molecule has 0 aromatic heterocycles. The Labute approximate surface area is 141 Å². The Morgan fingerprint density at radius 2 is 1.67 bits per heavy atom. The summed E-state index contributed by atoms with van der Waals surface area (Å²) in [5, 5.41) is 2.73. The van der Waals surface area contributed by atoms with E-state index in [1.54, 1.807) is 42.5 Å². The van der Waals surface area contributed by atoms with E-state index in [1.807, 2.05) is 6.07 Å². The summed E-state index contributed by atoms with van der Waals surface area (Å²) in [4.78, 5) is 24.0. The van der Waals surface area contributed by atoms with E-state index in [9.17, 15) is 9.59 Å². The molecule has 3 N–H and O–H groups in total. The first-order chi connectivity index (χ1) is 11.5. The Kier molecular flexibility index (Phi) is 5.95. The Morgan fingerprint density at radius 3 is 2.33 bits per heavy atom. The number of hydrogen-bond donors (Lipinski definition) is 2. The summed E-state index contributed by atoms with van der Waals surface area (Å²) < 4.78 is 5.73. The third kappa shape index (κ3) is 4.59. The number of ether oxygens (including phenoxy) is 1. The topological polar surface area (TPSA) is 81.4 Å². The molecular weight excluding hydrogens is 304 g/mol. The zero-order valence-corrected chi connectivity index (χ0v) is 13.9. The van der Waals surface area contributed by atoms with E-state index >= 15 is 0 Å². The highest BCUT2D eigenvalue weighted by Crippen LogP contribution is 2.22. The number of carbonyl (C=O) groups is 2. The number of amides is 2. The van der Waals surface area contributed by atoms with E-state index < -0.39 is 5.91 Å². The second kappa shape index (κ2) is 8.15. The monoisotopic (exact) mass is 326 g/mol. The van der Waals surface area contributed by atoms with Crippen molar-refractivity contribution in [3.05, 3.63) is 59.7 Å². The van der Waals surface area contributed by atoms with Gasteiger partial charge in [0, 0.05) is 0 Å². The molecule has 0 aliphatic carbocycles. The summed E-state index contributed by atoms with van der Waals surface area (Å²) in [7, 11) is 0. The van der Waals surface area contributed by atoms with Crippen LogP contribution < -0.4 is 15.8 Å². The van der Waals surface area contributed by atoms with E-state index in [0.29, 0.717) is 29.5 Å². The predicted molar refractivity (Wildman–Crippen MR) is 94.3 cm³/mol. The highest BCUT2D eigenvalue weighted by molar-refractivity contribution is 6.09. The van der Waals surface area contributed by atoms with E-state index in [2.05, 4.69) is 19.2 Å². The molecule has 0 saturated carbocycles. The second-order valence-electron chi connectivity index (χ2n) is 5.89. The van der Waals surface area contributed by atoms with Crippen LogP contribution in [0.15, 0.2) is 48.5 Å². The van der Waals surface area contributed by atoms with Crippen LogP contribution in [0.25, 0.3) is 0 Å². The maximum absolute atomic E-state index is 12.6. The largest absolute Gasteiger partial charge is 0.493 e. The molecule has 2 rings (SSSR count). The summed E-state index contributed by atoms with van der Waals surface area (Å²) in [5.41, 5.74) is 6.40. The Bertz CT molecular complexity index is 726. The number of nitrogens with two attached hydrogens (primary N) is 1. The average Bonchev–Trinajstić information content (AvgIpc) is 2.55. The minimum Gasteiger partial charge on any atom is -0.493 e. The van der Waals surface area contributed by atoms with Gasteiger partial charge in [-0.15, -0.1) is 0 Å². The van der Waals surface area contributed by atoms with Crippen molar-refractivity contribution in [2.45, 2.75) is 20.3 Å². The lowest BCUT2D eigenvalue weighted by atomic mass is 10.1. The number of hydrogen-bond acceptors (Lipinski definition) is 3. The molecule has 0 spiro atoms. The standard InChI is InChI=1S/C19H22N2O3/c1-13(2)11-12-24-17-10-6-4-8-15(17)19(23)21-16-9-5-3-7-14(16)18(20)22/h3-10,13H,11-12H2,1-2H3,(H2,20,22)(H,21,23). The molecule has 2 aromatic rings. The first kappa shape index (κ1) is 17.5.